The van der Waals surface area contributed by atoms with Crippen LogP contribution in [0.2, 0.25) is 0 Å². The van der Waals surface area contributed by atoms with Crippen LogP contribution < -0.4 is 5.43 Å². The minimum Gasteiger partial charge on any atom is -0.507 e. The zero-order valence-electron chi connectivity index (χ0n) is 12.3. The Morgan fingerprint density at radius 2 is 2.00 bits per heavy atom. The van der Waals surface area contributed by atoms with Crippen molar-refractivity contribution in [1.82, 2.24) is 10.3 Å². The molecule has 1 saturated heterocycles. The minimum absolute atomic E-state index is 0.127. The molecular formula is C17H19N3O2. The van der Waals surface area contributed by atoms with Gasteiger partial charge in [-0.3, -0.25) is 9.69 Å². The van der Waals surface area contributed by atoms with E-state index in [2.05, 4.69) is 15.4 Å². The van der Waals surface area contributed by atoms with Crippen molar-refractivity contribution in [2.75, 3.05) is 19.6 Å². The van der Waals surface area contributed by atoms with Gasteiger partial charge in [0.1, 0.15) is 5.75 Å². The van der Waals surface area contributed by atoms with Crippen molar-refractivity contribution < 1.29 is 9.90 Å². The third-order valence-corrected chi connectivity index (χ3v) is 3.90. The normalized spacial score (nSPS) is 15.6. The standard InChI is InChI=1S/C17H19N3O2/c21-16-8-7-13-5-1-2-6-14(13)15(16)11-18-19-17(22)12-20-9-3-4-10-20/h1-2,5-8,11,21H,3-4,9-10,12H2,(H,19,22)/b18-11-. The van der Waals surface area contributed by atoms with Crippen LogP contribution in [0.15, 0.2) is 41.5 Å². The van der Waals surface area contributed by atoms with Crippen molar-refractivity contribution in [2.45, 2.75) is 12.8 Å². The number of benzene rings is 2. The van der Waals surface area contributed by atoms with Crippen molar-refractivity contribution in [3.8, 4) is 5.75 Å². The smallest absolute Gasteiger partial charge is 0.254 e. The van der Waals surface area contributed by atoms with Crippen LogP contribution in [0.5, 0.6) is 5.75 Å². The van der Waals surface area contributed by atoms with Gasteiger partial charge in [0.05, 0.1) is 12.8 Å². The molecule has 1 aliphatic heterocycles. The molecule has 2 aromatic carbocycles. The second kappa shape index (κ2) is 6.58. The van der Waals surface area contributed by atoms with Crippen molar-refractivity contribution in [1.29, 1.82) is 0 Å². The largest absolute Gasteiger partial charge is 0.507 e. The molecule has 5 heteroatoms. The molecule has 1 heterocycles. The highest BCUT2D eigenvalue weighted by atomic mass is 16.3. The number of phenols is 1. The van der Waals surface area contributed by atoms with Gasteiger partial charge in [0.2, 0.25) is 0 Å². The van der Waals surface area contributed by atoms with Crippen LogP contribution in [0, 0.1) is 0 Å². The number of rotatable bonds is 4. The second-order valence-corrected chi connectivity index (χ2v) is 5.50. The Bertz CT molecular complexity index is 706. The van der Waals surface area contributed by atoms with Crippen LogP contribution in [-0.4, -0.2) is 41.8 Å². The molecule has 2 N–H and O–H groups in total. The first-order valence-electron chi connectivity index (χ1n) is 7.49. The first-order valence-corrected chi connectivity index (χ1v) is 7.49. The highest BCUT2D eigenvalue weighted by molar-refractivity contribution is 6.02. The zero-order chi connectivity index (χ0) is 15.4. The number of carbonyl (C=O) groups is 1. The number of carbonyl (C=O) groups excluding carboxylic acids is 1. The SMILES string of the molecule is O=C(CN1CCCC1)N/N=C\c1c(O)ccc2ccccc12. The van der Waals surface area contributed by atoms with Crippen LogP contribution in [0.1, 0.15) is 18.4 Å². The maximum atomic E-state index is 11.8. The summed E-state index contributed by atoms with van der Waals surface area (Å²) < 4.78 is 0. The molecular weight excluding hydrogens is 278 g/mol. The maximum Gasteiger partial charge on any atom is 0.254 e. The fourth-order valence-electron chi connectivity index (χ4n) is 2.77. The van der Waals surface area contributed by atoms with Crippen molar-refractivity contribution in [3.63, 3.8) is 0 Å². The van der Waals surface area contributed by atoms with E-state index in [1.807, 2.05) is 30.3 Å². The van der Waals surface area contributed by atoms with E-state index in [9.17, 15) is 9.90 Å². The Hall–Kier alpha value is -2.40. The third kappa shape index (κ3) is 3.26. The fraction of sp³-hybridized carbons (Fsp3) is 0.294. The molecule has 3 rings (SSSR count). The summed E-state index contributed by atoms with van der Waals surface area (Å²) in [7, 11) is 0. The van der Waals surface area contributed by atoms with Crippen molar-refractivity contribution in [2.24, 2.45) is 5.10 Å². The summed E-state index contributed by atoms with van der Waals surface area (Å²) in [4.78, 5) is 13.9. The molecule has 1 aliphatic rings. The summed E-state index contributed by atoms with van der Waals surface area (Å²) in [6.45, 7) is 2.32. The molecule has 0 unspecified atom stereocenters. The topological polar surface area (TPSA) is 64.9 Å². The Morgan fingerprint density at radius 1 is 1.23 bits per heavy atom. The molecule has 0 atom stereocenters. The number of fused-ring (bicyclic) bond motifs is 1. The van der Waals surface area contributed by atoms with E-state index in [0.717, 1.165) is 36.7 Å². The van der Waals surface area contributed by atoms with Crippen molar-refractivity contribution in [3.05, 3.63) is 42.0 Å². The van der Waals surface area contributed by atoms with Gasteiger partial charge in [-0.2, -0.15) is 5.10 Å². The predicted molar refractivity (Wildman–Crippen MR) is 87.0 cm³/mol. The van der Waals surface area contributed by atoms with E-state index in [4.69, 9.17) is 0 Å². The molecule has 1 amide bonds. The fourth-order valence-corrected chi connectivity index (χ4v) is 2.77. The number of phenolic OH excluding ortho intramolecular Hbond substituents is 1. The summed E-state index contributed by atoms with van der Waals surface area (Å²) in [5, 5.41) is 15.9. The van der Waals surface area contributed by atoms with Crippen LogP contribution >= 0.6 is 0 Å². The van der Waals surface area contributed by atoms with Gasteiger partial charge in [0.25, 0.3) is 5.91 Å². The Labute approximate surface area is 129 Å². The van der Waals surface area contributed by atoms with E-state index >= 15 is 0 Å². The van der Waals surface area contributed by atoms with Crippen molar-refractivity contribution >= 4 is 22.9 Å². The van der Waals surface area contributed by atoms with Crippen LogP contribution in [0.3, 0.4) is 0 Å². The lowest BCUT2D eigenvalue weighted by Crippen LogP contribution is -2.33. The van der Waals surface area contributed by atoms with Gasteiger partial charge >= 0.3 is 0 Å². The summed E-state index contributed by atoms with van der Waals surface area (Å²) >= 11 is 0. The quantitative estimate of drug-likeness (QED) is 0.671. The highest BCUT2D eigenvalue weighted by Gasteiger charge is 2.14. The number of hydrogen-bond donors (Lipinski definition) is 2. The monoisotopic (exact) mass is 297 g/mol. The molecule has 0 bridgehead atoms. The second-order valence-electron chi connectivity index (χ2n) is 5.50. The molecule has 2 aromatic rings. The molecule has 0 saturated carbocycles. The van der Waals surface area contributed by atoms with Crippen LogP contribution in [-0.2, 0) is 4.79 Å². The van der Waals surface area contributed by atoms with E-state index in [-0.39, 0.29) is 11.7 Å². The molecule has 0 aromatic heterocycles. The lowest BCUT2D eigenvalue weighted by molar-refractivity contribution is -0.121. The van der Waals surface area contributed by atoms with Gasteiger partial charge in [0, 0.05) is 5.56 Å². The number of nitrogens with one attached hydrogen (secondary N) is 1. The maximum absolute atomic E-state index is 11.8. The Kier molecular flexibility index (Phi) is 4.34. The first-order chi connectivity index (χ1) is 10.7. The number of aromatic hydroxyl groups is 1. The minimum atomic E-state index is -0.127. The number of hydrogen-bond acceptors (Lipinski definition) is 4. The number of nitrogens with zero attached hydrogens (tertiary/aromatic N) is 2. The van der Waals surface area contributed by atoms with E-state index in [1.165, 1.54) is 6.21 Å². The summed E-state index contributed by atoms with van der Waals surface area (Å²) in [5.74, 6) is 0.0223. The van der Waals surface area contributed by atoms with Gasteiger partial charge in [-0.25, -0.2) is 5.43 Å². The summed E-state index contributed by atoms with van der Waals surface area (Å²) in [6, 6.07) is 11.2. The molecule has 22 heavy (non-hydrogen) atoms. The average Bonchev–Trinajstić information content (AvgIpc) is 3.02. The lowest BCUT2D eigenvalue weighted by Gasteiger charge is -2.12. The van der Waals surface area contributed by atoms with Gasteiger partial charge in [-0.15, -0.1) is 0 Å². The zero-order valence-corrected chi connectivity index (χ0v) is 12.3. The molecule has 0 aliphatic carbocycles. The third-order valence-electron chi connectivity index (χ3n) is 3.90. The molecule has 5 nitrogen and oxygen atoms in total. The van der Waals surface area contributed by atoms with E-state index < -0.39 is 0 Å². The molecule has 0 radical (unpaired) electrons. The van der Waals surface area contributed by atoms with E-state index in [0.29, 0.717) is 12.1 Å². The summed E-state index contributed by atoms with van der Waals surface area (Å²) in [5.41, 5.74) is 3.14. The number of likely N-dealkylation sites (tertiary alicyclic amines) is 1. The van der Waals surface area contributed by atoms with Gasteiger partial charge < -0.3 is 5.11 Å². The Morgan fingerprint density at radius 3 is 2.82 bits per heavy atom. The van der Waals surface area contributed by atoms with Crippen LogP contribution in [0.25, 0.3) is 10.8 Å². The average molecular weight is 297 g/mol. The van der Waals surface area contributed by atoms with Gasteiger partial charge in [-0.1, -0.05) is 30.3 Å². The lowest BCUT2D eigenvalue weighted by atomic mass is 10.0. The predicted octanol–water partition coefficient (Wildman–Crippen LogP) is 2.09. The number of hydrazone groups is 1. The Balaban J connectivity index is 1.69. The first kappa shape index (κ1) is 14.5. The number of amides is 1. The molecule has 1 fully saturated rings. The van der Waals surface area contributed by atoms with E-state index in [1.54, 1.807) is 6.07 Å². The molecule has 0 spiro atoms. The summed E-state index contributed by atoms with van der Waals surface area (Å²) in [6.07, 6.45) is 3.81. The molecule has 114 valence electrons. The van der Waals surface area contributed by atoms with Crippen LogP contribution in [0.4, 0.5) is 0 Å². The highest BCUT2D eigenvalue weighted by Crippen LogP contribution is 2.25. The van der Waals surface area contributed by atoms with Gasteiger partial charge in [0.15, 0.2) is 0 Å². The van der Waals surface area contributed by atoms with Gasteiger partial charge in [-0.05, 0) is 42.8 Å².